The van der Waals surface area contributed by atoms with Crippen molar-refractivity contribution in [1.82, 2.24) is 15.2 Å². The molecule has 100 valence electrons. The van der Waals surface area contributed by atoms with Crippen LogP contribution in [0.1, 0.15) is 19.8 Å². The zero-order chi connectivity index (χ0) is 13.5. The standard InChI is InChI=1S/C13H16ClN5/c1-2-3-8-15-13-18-12(9-16-19-13)17-11-6-4-10(14)5-7-11/h4-7,9H,2-3,8H2,1H3,(H2,15,17,18,19). The summed E-state index contributed by atoms with van der Waals surface area (Å²) in [5, 5.41) is 14.8. The van der Waals surface area contributed by atoms with Crippen molar-refractivity contribution in [2.75, 3.05) is 17.2 Å². The number of nitrogens with zero attached hydrogens (tertiary/aromatic N) is 3. The molecule has 0 saturated carbocycles. The van der Waals surface area contributed by atoms with E-state index in [9.17, 15) is 0 Å². The Kier molecular flexibility index (Phi) is 4.92. The summed E-state index contributed by atoms with van der Waals surface area (Å²) < 4.78 is 0. The minimum absolute atomic E-state index is 0.535. The van der Waals surface area contributed by atoms with Crippen LogP contribution in [0.5, 0.6) is 0 Å². The van der Waals surface area contributed by atoms with Gasteiger partial charge in [0.1, 0.15) is 0 Å². The molecule has 2 N–H and O–H groups in total. The van der Waals surface area contributed by atoms with E-state index in [-0.39, 0.29) is 0 Å². The van der Waals surface area contributed by atoms with Gasteiger partial charge in [-0.2, -0.15) is 10.1 Å². The van der Waals surface area contributed by atoms with E-state index in [4.69, 9.17) is 11.6 Å². The molecule has 1 aromatic carbocycles. The lowest BCUT2D eigenvalue weighted by atomic mass is 10.3. The van der Waals surface area contributed by atoms with Crippen LogP contribution in [-0.2, 0) is 0 Å². The van der Waals surface area contributed by atoms with E-state index in [1.165, 1.54) is 0 Å². The Morgan fingerprint density at radius 2 is 2.00 bits per heavy atom. The molecule has 2 rings (SSSR count). The molecule has 0 unspecified atom stereocenters. The van der Waals surface area contributed by atoms with Crippen molar-refractivity contribution < 1.29 is 0 Å². The van der Waals surface area contributed by atoms with Crippen LogP contribution in [0.15, 0.2) is 30.5 Å². The highest BCUT2D eigenvalue weighted by molar-refractivity contribution is 6.30. The molecule has 0 saturated heterocycles. The normalized spacial score (nSPS) is 10.2. The summed E-state index contributed by atoms with van der Waals surface area (Å²) in [6.45, 7) is 2.99. The van der Waals surface area contributed by atoms with Crippen molar-refractivity contribution in [2.45, 2.75) is 19.8 Å². The molecule has 0 aliphatic heterocycles. The molecule has 6 heteroatoms. The summed E-state index contributed by atoms with van der Waals surface area (Å²) in [6.07, 6.45) is 3.79. The first-order valence-electron chi connectivity index (χ1n) is 6.24. The zero-order valence-electron chi connectivity index (χ0n) is 10.7. The fourth-order valence-electron chi connectivity index (χ4n) is 1.50. The molecule has 0 atom stereocenters. The molecule has 1 aromatic heterocycles. The first-order valence-corrected chi connectivity index (χ1v) is 6.62. The molecule has 1 heterocycles. The number of hydrogen-bond acceptors (Lipinski definition) is 5. The summed E-state index contributed by atoms with van der Waals surface area (Å²) in [7, 11) is 0. The van der Waals surface area contributed by atoms with Gasteiger partial charge in [0.05, 0.1) is 6.20 Å². The minimum Gasteiger partial charge on any atom is -0.353 e. The lowest BCUT2D eigenvalue weighted by Gasteiger charge is -2.07. The van der Waals surface area contributed by atoms with Gasteiger partial charge in [0, 0.05) is 17.3 Å². The monoisotopic (exact) mass is 277 g/mol. The number of unbranched alkanes of at least 4 members (excludes halogenated alkanes) is 1. The lowest BCUT2D eigenvalue weighted by Crippen LogP contribution is -2.07. The first-order chi connectivity index (χ1) is 9.28. The van der Waals surface area contributed by atoms with Gasteiger partial charge in [-0.25, -0.2) is 0 Å². The fraction of sp³-hybridized carbons (Fsp3) is 0.308. The maximum Gasteiger partial charge on any atom is 0.244 e. The second-order valence-electron chi connectivity index (χ2n) is 4.08. The van der Waals surface area contributed by atoms with Gasteiger partial charge in [-0.1, -0.05) is 24.9 Å². The van der Waals surface area contributed by atoms with Crippen LogP contribution in [0.25, 0.3) is 0 Å². The van der Waals surface area contributed by atoms with Crippen LogP contribution in [0.3, 0.4) is 0 Å². The van der Waals surface area contributed by atoms with Crippen LogP contribution < -0.4 is 10.6 Å². The van der Waals surface area contributed by atoms with Gasteiger partial charge < -0.3 is 10.6 Å². The fourth-order valence-corrected chi connectivity index (χ4v) is 1.62. The van der Waals surface area contributed by atoms with Crippen molar-refractivity contribution in [3.8, 4) is 0 Å². The summed E-state index contributed by atoms with van der Waals surface area (Å²) in [4.78, 5) is 4.33. The largest absolute Gasteiger partial charge is 0.353 e. The third kappa shape index (κ3) is 4.37. The number of nitrogens with one attached hydrogen (secondary N) is 2. The molecular weight excluding hydrogens is 262 g/mol. The van der Waals surface area contributed by atoms with Gasteiger partial charge in [0.25, 0.3) is 0 Å². The molecule has 0 aliphatic carbocycles. The second-order valence-corrected chi connectivity index (χ2v) is 4.51. The molecule has 0 fully saturated rings. The smallest absolute Gasteiger partial charge is 0.244 e. The highest BCUT2D eigenvalue weighted by Gasteiger charge is 2.00. The van der Waals surface area contributed by atoms with E-state index in [1.807, 2.05) is 24.3 Å². The quantitative estimate of drug-likeness (QED) is 0.792. The molecule has 0 bridgehead atoms. The Morgan fingerprint density at radius 1 is 1.21 bits per heavy atom. The van der Waals surface area contributed by atoms with Crippen LogP contribution >= 0.6 is 11.6 Å². The van der Waals surface area contributed by atoms with Gasteiger partial charge in [0.2, 0.25) is 5.95 Å². The SMILES string of the molecule is CCCCNc1nncc(Nc2ccc(Cl)cc2)n1. The Labute approximate surface area is 117 Å². The Morgan fingerprint density at radius 3 is 2.74 bits per heavy atom. The maximum atomic E-state index is 5.84. The van der Waals surface area contributed by atoms with Crippen LogP contribution in [0, 0.1) is 0 Å². The number of halogens is 1. The van der Waals surface area contributed by atoms with Gasteiger partial charge >= 0.3 is 0 Å². The van der Waals surface area contributed by atoms with E-state index in [1.54, 1.807) is 6.20 Å². The third-order valence-electron chi connectivity index (χ3n) is 2.49. The molecule has 5 nitrogen and oxygen atoms in total. The second kappa shape index (κ2) is 6.89. The van der Waals surface area contributed by atoms with E-state index < -0.39 is 0 Å². The minimum atomic E-state index is 0.535. The van der Waals surface area contributed by atoms with Crippen LogP contribution in [0.2, 0.25) is 5.02 Å². The molecule has 0 radical (unpaired) electrons. The summed E-state index contributed by atoms with van der Waals surface area (Å²) in [6, 6.07) is 7.40. The van der Waals surface area contributed by atoms with Gasteiger partial charge in [-0.05, 0) is 30.7 Å². The number of benzene rings is 1. The molecule has 0 aliphatic rings. The van der Waals surface area contributed by atoms with E-state index in [0.29, 0.717) is 16.8 Å². The Balaban J connectivity index is 2.00. The van der Waals surface area contributed by atoms with Crippen LogP contribution in [-0.4, -0.2) is 21.7 Å². The highest BCUT2D eigenvalue weighted by Crippen LogP contribution is 2.17. The predicted molar refractivity (Wildman–Crippen MR) is 78.0 cm³/mol. The van der Waals surface area contributed by atoms with Crippen molar-refractivity contribution in [1.29, 1.82) is 0 Å². The summed E-state index contributed by atoms with van der Waals surface area (Å²) in [5.41, 5.74) is 0.907. The van der Waals surface area contributed by atoms with E-state index >= 15 is 0 Å². The Bertz CT molecular complexity index is 515. The van der Waals surface area contributed by atoms with Crippen molar-refractivity contribution in [2.24, 2.45) is 0 Å². The number of anilines is 3. The molecule has 2 aromatic rings. The molecular formula is C13H16ClN5. The van der Waals surface area contributed by atoms with Gasteiger partial charge in [0.15, 0.2) is 5.82 Å². The number of rotatable bonds is 6. The average Bonchev–Trinajstić information content (AvgIpc) is 2.42. The zero-order valence-corrected chi connectivity index (χ0v) is 11.5. The lowest BCUT2D eigenvalue weighted by molar-refractivity contribution is 0.819. The van der Waals surface area contributed by atoms with E-state index in [0.717, 1.165) is 25.1 Å². The summed E-state index contributed by atoms with van der Waals surface area (Å²) in [5.74, 6) is 1.18. The van der Waals surface area contributed by atoms with E-state index in [2.05, 4.69) is 32.7 Å². The Hall–Kier alpha value is -1.88. The highest BCUT2D eigenvalue weighted by atomic mass is 35.5. The third-order valence-corrected chi connectivity index (χ3v) is 2.74. The topological polar surface area (TPSA) is 62.7 Å². The van der Waals surface area contributed by atoms with Crippen molar-refractivity contribution >= 4 is 29.1 Å². The number of hydrogen-bond donors (Lipinski definition) is 2. The maximum absolute atomic E-state index is 5.84. The van der Waals surface area contributed by atoms with Crippen molar-refractivity contribution in [3.63, 3.8) is 0 Å². The van der Waals surface area contributed by atoms with Gasteiger partial charge in [-0.15, -0.1) is 5.10 Å². The molecule has 19 heavy (non-hydrogen) atoms. The molecule has 0 amide bonds. The average molecular weight is 278 g/mol. The van der Waals surface area contributed by atoms with Gasteiger partial charge in [-0.3, -0.25) is 0 Å². The molecule has 0 spiro atoms. The number of aromatic nitrogens is 3. The predicted octanol–water partition coefficient (Wildman–Crippen LogP) is 3.48. The van der Waals surface area contributed by atoms with Crippen molar-refractivity contribution in [3.05, 3.63) is 35.5 Å². The van der Waals surface area contributed by atoms with Crippen LogP contribution in [0.4, 0.5) is 17.5 Å². The first kappa shape index (κ1) is 13.5. The summed E-state index contributed by atoms with van der Waals surface area (Å²) >= 11 is 5.84.